The number of rotatable bonds is 2. The van der Waals surface area contributed by atoms with E-state index in [1.54, 1.807) is 24.3 Å². The Morgan fingerprint density at radius 2 is 1.74 bits per heavy atom. The van der Waals surface area contributed by atoms with Crippen molar-refractivity contribution in [2.75, 3.05) is 18.0 Å². The molecule has 1 N–H and O–H groups in total. The molecule has 0 bridgehead atoms. The van der Waals surface area contributed by atoms with Crippen molar-refractivity contribution in [2.45, 2.75) is 26.1 Å². The lowest BCUT2D eigenvalue weighted by molar-refractivity contribution is -0.00549. The van der Waals surface area contributed by atoms with E-state index in [0.29, 0.717) is 29.6 Å². The molecule has 1 fully saturated rings. The number of aromatic nitrogens is 2. The number of hydrogen-bond acceptors (Lipinski definition) is 4. The average Bonchev–Trinajstić information content (AvgIpc) is 2.47. The minimum Gasteiger partial charge on any atom is -0.372 e. The van der Waals surface area contributed by atoms with Crippen LogP contribution in [0.5, 0.6) is 0 Å². The Morgan fingerprint density at radius 1 is 1.13 bits per heavy atom. The van der Waals surface area contributed by atoms with Gasteiger partial charge in [0.05, 0.1) is 17.9 Å². The van der Waals surface area contributed by atoms with E-state index in [1.807, 2.05) is 18.7 Å². The zero-order chi connectivity index (χ0) is 16.6. The molecule has 3 rings (SSSR count). The van der Waals surface area contributed by atoms with Gasteiger partial charge >= 0.3 is 5.69 Å². The molecule has 122 valence electrons. The predicted octanol–water partition coefficient (Wildman–Crippen LogP) is 1.79. The fraction of sp³-hybridized carbons (Fsp3) is 0.375. The van der Waals surface area contributed by atoms with Gasteiger partial charge in [0.25, 0.3) is 5.56 Å². The van der Waals surface area contributed by atoms with Crippen LogP contribution in [-0.2, 0) is 4.74 Å². The van der Waals surface area contributed by atoms with E-state index < -0.39 is 5.69 Å². The van der Waals surface area contributed by atoms with E-state index in [4.69, 9.17) is 16.3 Å². The van der Waals surface area contributed by atoms with Gasteiger partial charge < -0.3 is 9.64 Å². The van der Waals surface area contributed by atoms with Gasteiger partial charge in [-0.15, -0.1) is 0 Å². The molecule has 0 saturated carbocycles. The normalized spacial score (nSPS) is 21.4. The molecule has 0 spiro atoms. The highest BCUT2D eigenvalue weighted by molar-refractivity contribution is 6.30. The number of hydrogen-bond donors (Lipinski definition) is 1. The van der Waals surface area contributed by atoms with E-state index >= 15 is 0 Å². The van der Waals surface area contributed by atoms with E-state index in [-0.39, 0.29) is 17.8 Å². The topological polar surface area (TPSA) is 67.3 Å². The minimum absolute atomic E-state index is 0.0425. The molecular formula is C16H18ClN3O3. The second-order valence-electron chi connectivity index (χ2n) is 5.77. The van der Waals surface area contributed by atoms with Gasteiger partial charge in [0.2, 0.25) is 0 Å². The summed E-state index contributed by atoms with van der Waals surface area (Å²) in [5.74, 6) is 0.521. The number of nitrogens with zero attached hydrogens (tertiary/aromatic N) is 2. The molecule has 2 heterocycles. The van der Waals surface area contributed by atoms with Gasteiger partial charge in [-0.1, -0.05) is 11.6 Å². The number of benzene rings is 1. The van der Waals surface area contributed by atoms with Crippen LogP contribution in [0.2, 0.25) is 5.02 Å². The maximum atomic E-state index is 12.4. The summed E-state index contributed by atoms with van der Waals surface area (Å²) < 4.78 is 6.76. The molecule has 0 amide bonds. The van der Waals surface area contributed by atoms with Crippen molar-refractivity contribution in [3.63, 3.8) is 0 Å². The zero-order valence-corrected chi connectivity index (χ0v) is 13.7. The third-order valence-corrected chi connectivity index (χ3v) is 4.02. The number of aromatic amines is 1. The highest BCUT2D eigenvalue weighted by Crippen LogP contribution is 2.16. The lowest BCUT2D eigenvalue weighted by Gasteiger charge is -2.36. The van der Waals surface area contributed by atoms with E-state index in [0.717, 1.165) is 4.57 Å². The molecule has 2 aromatic rings. The lowest BCUT2D eigenvalue weighted by atomic mass is 10.2. The molecule has 1 saturated heterocycles. The van der Waals surface area contributed by atoms with Gasteiger partial charge in [0.1, 0.15) is 5.82 Å². The Labute approximate surface area is 138 Å². The van der Waals surface area contributed by atoms with Gasteiger partial charge in [-0.2, -0.15) is 0 Å². The van der Waals surface area contributed by atoms with Gasteiger partial charge in [0, 0.05) is 24.2 Å². The number of anilines is 1. The van der Waals surface area contributed by atoms with Gasteiger partial charge in [-0.05, 0) is 38.1 Å². The number of H-pyrrole nitrogens is 1. The molecule has 7 heteroatoms. The summed E-state index contributed by atoms with van der Waals surface area (Å²) in [6.07, 6.45) is 0.0851. The number of morpholine rings is 1. The van der Waals surface area contributed by atoms with Crippen LogP contribution >= 0.6 is 11.6 Å². The van der Waals surface area contributed by atoms with Crippen molar-refractivity contribution >= 4 is 17.4 Å². The van der Waals surface area contributed by atoms with Crippen molar-refractivity contribution in [3.05, 3.63) is 56.2 Å². The fourth-order valence-corrected chi connectivity index (χ4v) is 2.99. The molecule has 2 atom stereocenters. The maximum absolute atomic E-state index is 12.4. The zero-order valence-electron chi connectivity index (χ0n) is 13.0. The summed E-state index contributed by atoms with van der Waals surface area (Å²) in [6, 6.07) is 8.00. The molecule has 23 heavy (non-hydrogen) atoms. The Kier molecular flexibility index (Phi) is 4.28. The maximum Gasteiger partial charge on any atom is 0.334 e. The molecule has 1 aromatic heterocycles. The van der Waals surface area contributed by atoms with Gasteiger partial charge in [-0.3, -0.25) is 9.78 Å². The van der Waals surface area contributed by atoms with Crippen LogP contribution < -0.4 is 16.1 Å². The second-order valence-corrected chi connectivity index (χ2v) is 6.21. The molecule has 0 unspecified atom stereocenters. The molecule has 1 aromatic carbocycles. The Morgan fingerprint density at radius 3 is 2.30 bits per heavy atom. The predicted molar refractivity (Wildman–Crippen MR) is 89.9 cm³/mol. The Balaban J connectivity index is 1.99. The first kappa shape index (κ1) is 15.8. The van der Waals surface area contributed by atoms with Crippen LogP contribution in [-0.4, -0.2) is 34.8 Å². The molecule has 1 aliphatic heterocycles. The number of halogens is 1. The molecular weight excluding hydrogens is 318 g/mol. The largest absolute Gasteiger partial charge is 0.372 e. The first-order chi connectivity index (χ1) is 10.9. The standard InChI is InChI=1S/C16H18ClN3O3/c1-10-8-19(9-11(2)23-10)14-7-15(21)20(16(22)18-14)13-5-3-12(17)4-6-13/h3-7,10-11H,8-9H2,1-2H3,(H,18,22)/t10-,11-/m1/s1. The van der Waals surface area contributed by atoms with Crippen molar-refractivity contribution in [2.24, 2.45) is 0 Å². The van der Waals surface area contributed by atoms with Crippen LogP contribution in [0.25, 0.3) is 5.69 Å². The lowest BCUT2D eigenvalue weighted by Crippen LogP contribution is -2.47. The van der Waals surface area contributed by atoms with E-state index in [9.17, 15) is 9.59 Å². The number of ether oxygens (including phenoxy) is 1. The van der Waals surface area contributed by atoms with Crippen molar-refractivity contribution in [3.8, 4) is 5.69 Å². The third-order valence-electron chi connectivity index (χ3n) is 3.76. The molecule has 1 aliphatic rings. The van der Waals surface area contributed by atoms with Crippen molar-refractivity contribution in [1.82, 2.24) is 9.55 Å². The first-order valence-corrected chi connectivity index (χ1v) is 7.84. The van der Waals surface area contributed by atoms with Gasteiger partial charge in [0.15, 0.2) is 0 Å². The smallest absolute Gasteiger partial charge is 0.334 e. The summed E-state index contributed by atoms with van der Waals surface area (Å²) in [5, 5.41) is 0.547. The second kappa shape index (κ2) is 6.22. The first-order valence-electron chi connectivity index (χ1n) is 7.47. The summed E-state index contributed by atoms with van der Waals surface area (Å²) in [4.78, 5) is 29.5. The molecule has 6 nitrogen and oxygen atoms in total. The third kappa shape index (κ3) is 3.33. The van der Waals surface area contributed by atoms with Crippen LogP contribution in [0.3, 0.4) is 0 Å². The molecule has 0 aliphatic carbocycles. The van der Waals surface area contributed by atoms with Crippen LogP contribution in [0, 0.1) is 0 Å². The Hall–Kier alpha value is -2.05. The van der Waals surface area contributed by atoms with Crippen LogP contribution in [0.1, 0.15) is 13.8 Å². The minimum atomic E-state index is -0.471. The summed E-state index contributed by atoms with van der Waals surface area (Å²) in [7, 11) is 0. The van der Waals surface area contributed by atoms with Crippen LogP contribution in [0.15, 0.2) is 39.9 Å². The van der Waals surface area contributed by atoms with E-state index in [2.05, 4.69) is 4.98 Å². The monoisotopic (exact) mass is 335 g/mol. The van der Waals surface area contributed by atoms with Crippen molar-refractivity contribution < 1.29 is 4.74 Å². The highest BCUT2D eigenvalue weighted by atomic mass is 35.5. The summed E-state index contributed by atoms with van der Waals surface area (Å²) in [6.45, 7) is 5.20. The SMILES string of the molecule is C[C@@H]1CN(c2cc(=O)n(-c3ccc(Cl)cc3)c(=O)[nH]2)C[C@@H](C)O1. The highest BCUT2D eigenvalue weighted by Gasteiger charge is 2.23. The summed E-state index contributed by atoms with van der Waals surface area (Å²) >= 11 is 5.84. The Bertz CT molecular complexity index is 771. The van der Waals surface area contributed by atoms with Crippen LogP contribution in [0.4, 0.5) is 5.82 Å². The fourth-order valence-electron chi connectivity index (χ4n) is 2.86. The average molecular weight is 336 g/mol. The van der Waals surface area contributed by atoms with E-state index in [1.165, 1.54) is 6.07 Å². The number of nitrogens with one attached hydrogen (secondary N) is 1. The quantitative estimate of drug-likeness (QED) is 0.908. The van der Waals surface area contributed by atoms with Gasteiger partial charge in [-0.25, -0.2) is 9.36 Å². The summed E-state index contributed by atoms with van der Waals surface area (Å²) in [5.41, 5.74) is -0.365. The van der Waals surface area contributed by atoms with Crippen molar-refractivity contribution in [1.29, 1.82) is 0 Å². The molecule has 0 radical (unpaired) electrons.